The predicted molar refractivity (Wildman–Crippen MR) is 96.0 cm³/mol. The van der Waals surface area contributed by atoms with E-state index in [0.29, 0.717) is 0 Å². The minimum absolute atomic E-state index is 0. The molecule has 3 saturated heterocycles. The molecule has 0 amide bonds. The molecule has 1 aromatic heterocycles. The third-order valence-corrected chi connectivity index (χ3v) is 6.39. The van der Waals surface area contributed by atoms with Gasteiger partial charge in [-0.25, -0.2) is 0 Å². The molecule has 0 aliphatic carbocycles. The number of hydrogen-bond acceptors (Lipinski definition) is 3. The maximum atomic E-state index is 4.63. The summed E-state index contributed by atoms with van der Waals surface area (Å²) >= 11 is 0. The molecular weight excluding hydrogens is 461 g/mol. The van der Waals surface area contributed by atoms with E-state index in [1.165, 1.54) is 93.2 Å². The maximum Gasteiger partial charge on any atom is 0.135 e. The Kier molecular flexibility index (Phi) is 8.13. The van der Waals surface area contributed by atoms with Crippen molar-refractivity contribution in [3.05, 3.63) is 30.1 Å². The maximum absolute atomic E-state index is 4.63. The third-order valence-electron chi connectivity index (χ3n) is 6.39. The van der Waals surface area contributed by atoms with Gasteiger partial charge in [0.15, 0.2) is 0 Å². The van der Waals surface area contributed by atoms with Gasteiger partial charge in [0.25, 0.3) is 0 Å². The van der Waals surface area contributed by atoms with Crippen molar-refractivity contribution in [3.8, 4) is 0 Å². The van der Waals surface area contributed by atoms with Crippen molar-refractivity contribution in [2.45, 2.75) is 19.4 Å². The van der Waals surface area contributed by atoms with Gasteiger partial charge in [-0.2, -0.15) is 0 Å². The molecule has 3 aliphatic rings. The van der Waals surface area contributed by atoms with Gasteiger partial charge >= 0.3 is 0 Å². The zero-order valence-corrected chi connectivity index (χ0v) is 18.9. The number of rotatable bonds is 2. The van der Waals surface area contributed by atoms with E-state index in [0.717, 1.165) is 6.54 Å². The van der Waals surface area contributed by atoms with Gasteiger partial charge in [0.05, 0.1) is 52.0 Å². The average Bonchev–Trinajstić information content (AvgIpc) is 2.59. The van der Waals surface area contributed by atoms with E-state index in [1.807, 2.05) is 12.3 Å². The topological polar surface area (TPSA) is 19.4 Å². The fraction of sp³-hybridized carbons (Fsp3) is 0.737. The van der Waals surface area contributed by atoms with E-state index in [-0.39, 0.29) is 36.4 Å². The Labute approximate surface area is 181 Å². The Morgan fingerprint density at radius 1 is 0.923 bits per heavy atom. The van der Waals surface area contributed by atoms with Gasteiger partial charge < -0.3 is 45.3 Å². The van der Waals surface area contributed by atoms with Crippen LogP contribution in [0.5, 0.6) is 0 Å². The minimum atomic E-state index is 0. The SMILES string of the molecule is C[N+]12CCCN(CC[N+]3(Cc4ccccn4)CCCN(CC1)C3)C2.[Cl-].[I-]. The van der Waals surface area contributed by atoms with Crippen LogP contribution in [0.1, 0.15) is 18.5 Å². The lowest BCUT2D eigenvalue weighted by Crippen LogP contribution is -3.00. The summed E-state index contributed by atoms with van der Waals surface area (Å²) in [7, 11) is 2.47. The minimum Gasteiger partial charge on any atom is -1.00 e. The highest BCUT2D eigenvalue weighted by Gasteiger charge is 2.39. The van der Waals surface area contributed by atoms with Crippen molar-refractivity contribution in [3.63, 3.8) is 0 Å². The molecule has 4 bridgehead atoms. The lowest BCUT2D eigenvalue weighted by Gasteiger charge is -2.50. The van der Waals surface area contributed by atoms with Crippen molar-refractivity contribution in [2.75, 3.05) is 72.7 Å². The van der Waals surface area contributed by atoms with Crippen molar-refractivity contribution in [2.24, 2.45) is 0 Å². The van der Waals surface area contributed by atoms with Crippen molar-refractivity contribution in [1.82, 2.24) is 14.8 Å². The van der Waals surface area contributed by atoms with Crippen molar-refractivity contribution >= 4 is 0 Å². The van der Waals surface area contributed by atoms with Crippen LogP contribution in [0.25, 0.3) is 0 Å². The summed E-state index contributed by atoms with van der Waals surface area (Å²) in [5, 5.41) is 0. The smallest absolute Gasteiger partial charge is 0.135 e. The Morgan fingerprint density at radius 2 is 1.65 bits per heavy atom. The molecule has 3 fully saturated rings. The van der Waals surface area contributed by atoms with E-state index < -0.39 is 0 Å². The summed E-state index contributed by atoms with van der Waals surface area (Å²) in [5.74, 6) is 0. The van der Waals surface area contributed by atoms with Gasteiger partial charge in [0.1, 0.15) is 19.9 Å². The molecule has 4 heterocycles. The average molecular weight is 494 g/mol. The summed E-state index contributed by atoms with van der Waals surface area (Å²) in [6, 6.07) is 6.37. The van der Waals surface area contributed by atoms with Crippen LogP contribution in [0.15, 0.2) is 24.4 Å². The van der Waals surface area contributed by atoms with Crippen LogP contribution in [-0.2, 0) is 6.54 Å². The highest BCUT2D eigenvalue weighted by Crippen LogP contribution is 2.23. The first kappa shape index (κ1) is 22.3. The summed E-state index contributed by atoms with van der Waals surface area (Å²) in [6.07, 6.45) is 4.64. The van der Waals surface area contributed by atoms with Crippen LogP contribution in [0.2, 0.25) is 0 Å². The highest BCUT2D eigenvalue weighted by atomic mass is 127. The lowest BCUT2D eigenvalue weighted by atomic mass is 10.1. The van der Waals surface area contributed by atoms with E-state index in [9.17, 15) is 0 Å². The largest absolute Gasteiger partial charge is 1.00 e. The number of aromatic nitrogens is 1. The second-order valence-electron chi connectivity index (χ2n) is 8.56. The number of halogens is 2. The quantitative estimate of drug-likeness (QED) is 0.305. The van der Waals surface area contributed by atoms with Gasteiger partial charge in [-0.05, 0) is 12.1 Å². The highest BCUT2D eigenvalue weighted by molar-refractivity contribution is 5.02. The van der Waals surface area contributed by atoms with Crippen LogP contribution >= 0.6 is 0 Å². The Balaban J connectivity index is 0.00000121. The molecule has 148 valence electrons. The summed E-state index contributed by atoms with van der Waals surface area (Å²) in [5.41, 5.74) is 1.26. The molecule has 4 unspecified atom stereocenters. The molecule has 4 rings (SSSR count). The Hall–Kier alpha value is 0.0100. The lowest BCUT2D eigenvalue weighted by molar-refractivity contribution is -0.962. The number of hydrogen-bond donors (Lipinski definition) is 0. The molecule has 1 aromatic rings. The molecule has 0 saturated carbocycles. The molecule has 3 aliphatic heterocycles. The fourth-order valence-corrected chi connectivity index (χ4v) is 5.01. The molecule has 0 aromatic carbocycles. The van der Waals surface area contributed by atoms with Gasteiger partial charge in [0, 0.05) is 32.1 Å². The Bertz CT molecular complexity index is 562. The number of quaternary nitrogens is 2. The second kappa shape index (κ2) is 9.47. The molecule has 4 atom stereocenters. The van der Waals surface area contributed by atoms with Gasteiger partial charge in [-0.1, -0.05) is 6.07 Å². The van der Waals surface area contributed by atoms with Crippen LogP contribution < -0.4 is 36.4 Å². The summed E-state index contributed by atoms with van der Waals surface area (Å²) < 4.78 is 2.45. The Morgan fingerprint density at radius 3 is 2.42 bits per heavy atom. The molecule has 7 heteroatoms. The van der Waals surface area contributed by atoms with Crippen LogP contribution in [0.4, 0.5) is 0 Å². The van der Waals surface area contributed by atoms with Gasteiger partial charge in [0.2, 0.25) is 0 Å². The first-order valence-corrected chi connectivity index (χ1v) is 9.68. The van der Waals surface area contributed by atoms with Gasteiger partial charge in [-0.3, -0.25) is 14.8 Å². The zero-order valence-electron chi connectivity index (χ0n) is 16.0. The third kappa shape index (κ3) is 5.29. The molecule has 26 heavy (non-hydrogen) atoms. The van der Waals surface area contributed by atoms with Crippen LogP contribution in [0, 0.1) is 0 Å². The van der Waals surface area contributed by atoms with Gasteiger partial charge in [-0.15, -0.1) is 0 Å². The molecule has 5 nitrogen and oxygen atoms in total. The first-order valence-electron chi connectivity index (χ1n) is 9.68. The second-order valence-corrected chi connectivity index (χ2v) is 8.56. The molecule has 0 N–H and O–H groups in total. The van der Waals surface area contributed by atoms with Crippen LogP contribution in [0.3, 0.4) is 0 Å². The molecular formula is C19H33ClIN5. The number of pyridine rings is 1. The predicted octanol–water partition coefficient (Wildman–Crippen LogP) is -4.81. The van der Waals surface area contributed by atoms with E-state index >= 15 is 0 Å². The van der Waals surface area contributed by atoms with Crippen molar-refractivity contribution < 1.29 is 45.3 Å². The van der Waals surface area contributed by atoms with Crippen LogP contribution in [-0.4, -0.2) is 96.5 Å². The van der Waals surface area contributed by atoms with Crippen molar-refractivity contribution in [1.29, 1.82) is 0 Å². The number of nitrogens with zero attached hydrogens (tertiary/aromatic N) is 5. The normalized spacial score (nSPS) is 37.0. The molecule has 0 radical (unpaired) electrons. The standard InChI is InChI=1S/C19H33N5.ClH.HI/c1-23-12-4-8-21(17-23)11-15-24(16-19-6-2-3-7-20-19)13-5-9-22(18-24)10-14-23;;/h2-3,6-7H,4-5,8-18H2,1H3;2*1H/q+2;;/p-2. The first-order chi connectivity index (χ1) is 11.6. The fourth-order valence-electron chi connectivity index (χ4n) is 5.01. The van der Waals surface area contributed by atoms with E-state index in [1.54, 1.807) is 0 Å². The number of fused-ring (bicyclic) bond motifs is 4. The zero-order chi connectivity index (χ0) is 16.5. The summed E-state index contributed by atoms with van der Waals surface area (Å²) in [4.78, 5) is 10.1. The monoisotopic (exact) mass is 493 g/mol. The molecule has 0 spiro atoms. The van der Waals surface area contributed by atoms with E-state index in [4.69, 9.17) is 0 Å². The summed E-state index contributed by atoms with van der Waals surface area (Å²) in [6.45, 7) is 13.9. The number of likely N-dealkylation sites (N-methyl/N-ethyl adjacent to an activating group) is 1. The van der Waals surface area contributed by atoms with E-state index in [2.05, 4.69) is 34.0 Å².